The van der Waals surface area contributed by atoms with Crippen molar-refractivity contribution in [2.45, 2.75) is 25.4 Å². The molecule has 0 saturated carbocycles. The van der Waals surface area contributed by atoms with Gasteiger partial charge in [0.05, 0.1) is 17.2 Å². The molecule has 4 rings (SSSR count). The molecule has 1 unspecified atom stereocenters. The maximum atomic E-state index is 5.49. The van der Waals surface area contributed by atoms with E-state index in [9.17, 15) is 0 Å². The van der Waals surface area contributed by atoms with E-state index < -0.39 is 0 Å². The highest BCUT2D eigenvalue weighted by atomic mass is 32.1. The Morgan fingerprint density at radius 3 is 3.14 bits per heavy atom. The summed E-state index contributed by atoms with van der Waals surface area (Å²) in [4.78, 5) is 15.5. The van der Waals surface area contributed by atoms with Crippen molar-refractivity contribution in [1.29, 1.82) is 0 Å². The number of rotatable bonds is 4. The molecule has 7 heteroatoms. The van der Waals surface area contributed by atoms with E-state index >= 15 is 0 Å². The molecule has 1 saturated heterocycles. The molecule has 22 heavy (non-hydrogen) atoms. The summed E-state index contributed by atoms with van der Waals surface area (Å²) in [5.74, 6) is 1.23. The lowest BCUT2D eigenvalue weighted by Gasteiger charge is -2.20. The number of nitrogens with zero attached hydrogens (tertiary/aromatic N) is 5. The summed E-state index contributed by atoms with van der Waals surface area (Å²) in [7, 11) is 0. The highest BCUT2D eigenvalue weighted by Crippen LogP contribution is 2.32. The van der Waals surface area contributed by atoms with Crippen molar-refractivity contribution >= 4 is 11.3 Å². The van der Waals surface area contributed by atoms with E-state index in [2.05, 4.69) is 30.4 Å². The lowest BCUT2D eigenvalue weighted by atomic mass is 10.2. The zero-order valence-corrected chi connectivity index (χ0v) is 12.7. The molecule has 0 aliphatic carbocycles. The van der Waals surface area contributed by atoms with Gasteiger partial charge in [0.15, 0.2) is 0 Å². The zero-order valence-electron chi connectivity index (χ0n) is 11.9. The van der Waals surface area contributed by atoms with Gasteiger partial charge in [-0.15, -0.1) is 11.3 Å². The Hall–Kier alpha value is -2.12. The number of thiazole rings is 1. The maximum absolute atomic E-state index is 5.49. The van der Waals surface area contributed by atoms with E-state index in [1.54, 1.807) is 17.5 Å². The lowest BCUT2D eigenvalue weighted by molar-refractivity contribution is 0.199. The SMILES string of the molecule is c1ccc(-c2noc(C3CCCN3Cc3cscn3)n2)nc1. The van der Waals surface area contributed by atoms with E-state index in [0.29, 0.717) is 11.7 Å². The van der Waals surface area contributed by atoms with Crippen LogP contribution < -0.4 is 0 Å². The van der Waals surface area contributed by atoms with Crippen molar-refractivity contribution in [1.82, 2.24) is 25.0 Å². The number of aromatic nitrogens is 4. The monoisotopic (exact) mass is 313 g/mol. The minimum atomic E-state index is 0.173. The number of hydrogen-bond acceptors (Lipinski definition) is 7. The van der Waals surface area contributed by atoms with E-state index in [0.717, 1.165) is 37.3 Å². The van der Waals surface area contributed by atoms with Crippen LogP contribution in [0.3, 0.4) is 0 Å². The first-order valence-corrected chi connectivity index (χ1v) is 8.20. The van der Waals surface area contributed by atoms with Gasteiger partial charge in [0.25, 0.3) is 0 Å². The van der Waals surface area contributed by atoms with Crippen LogP contribution in [-0.4, -0.2) is 31.6 Å². The van der Waals surface area contributed by atoms with Crippen LogP contribution in [0.4, 0.5) is 0 Å². The molecule has 1 fully saturated rings. The van der Waals surface area contributed by atoms with E-state index in [4.69, 9.17) is 4.52 Å². The van der Waals surface area contributed by atoms with Crippen LogP contribution >= 0.6 is 11.3 Å². The van der Waals surface area contributed by atoms with Crippen molar-refractivity contribution in [2.75, 3.05) is 6.54 Å². The van der Waals surface area contributed by atoms with Gasteiger partial charge in [-0.1, -0.05) is 11.2 Å². The first-order chi connectivity index (χ1) is 10.9. The molecular formula is C15H15N5OS. The highest BCUT2D eigenvalue weighted by molar-refractivity contribution is 7.07. The Morgan fingerprint density at radius 2 is 2.32 bits per heavy atom. The Morgan fingerprint density at radius 1 is 1.32 bits per heavy atom. The molecule has 0 radical (unpaired) electrons. The Bertz CT molecular complexity index is 727. The molecule has 1 aliphatic rings. The fourth-order valence-corrected chi connectivity index (χ4v) is 3.34. The van der Waals surface area contributed by atoms with Gasteiger partial charge in [-0.3, -0.25) is 9.88 Å². The van der Waals surface area contributed by atoms with Gasteiger partial charge in [-0.05, 0) is 31.5 Å². The summed E-state index contributed by atoms with van der Waals surface area (Å²) < 4.78 is 5.49. The first kappa shape index (κ1) is 13.5. The lowest BCUT2D eigenvalue weighted by Crippen LogP contribution is -2.23. The normalized spacial score (nSPS) is 18.8. The Kier molecular flexibility index (Phi) is 3.65. The molecule has 112 valence electrons. The fraction of sp³-hybridized carbons (Fsp3) is 0.333. The predicted octanol–water partition coefficient (Wildman–Crippen LogP) is 2.93. The predicted molar refractivity (Wildman–Crippen MR) is 82.0 cm³/mol. The fourth-order valence-electron chi connectivity index (χ4n) is 2.79. The third kappa shape index (κ3) is 2.65. The molecule has 1 atom stereocenters. The standard InChI is InChI=1S/C15H15N5OS/c1-2-6-16-12(4-1)14-18-15(21-19-14)13-5-3-7-20(13)8-11-9-22-10-17-11/h1-2,4,6,9-10,13H,3,5,7-8H2. The number of likely N-dealkylation sites (tertiary alicyclic amines) is 1. The van der Waals surface area contributed by atoms with Crippen LogP contribution in [0, 0.1) is 0 Å². The van der Waals surface area contributed by atoms with Crippen molar-refractivity contribution in [3.63, 3.8) is 0 Å². The highest BCUT2D eigenvalue weighted by Gasteiger charge is 2.31. The molecule has 0 aromatic carbocycles. The van der Waals surface area contributed by atoms with Gasteiger partial charge in [0.2, 0.25) is 11.7 Å². The molecule has 0 spiro atoms. The van der Waals surface area contributed by atoms with E-state index in [1.165, 1.54) is 0 Å². The van der Waals surface area contributed by atoms with Crippen LogP contribution in [0.1, 0.15) is 30.5 Å². The third-order valence-corrected chi connectivity index (χ3v) is 4.47. The summed E-state index contributed by atoms with van der Waals surface area (Å²) in [5, 5.41) is 6.16. The summed E-state index contributed by atoms with van der Waals surface area (Å²) in [6.45, 7) is 1.86. The molecule has 0 N–H and O–H groups in total. The Balaban J connectivity index is 1.55. The topological polar surface area (TPSA) is 67.9 Å². The second-order valence-corrected chi connectivity index (χ2v) is 6.00. The number of pyridine rings is 1. The molecule has 3 aromatic heterocycles. The van der Waals surface area contributed by atoms with Crippen LogP contribution in [0.2, 0.25) is 0 Å². The number of hydrogen-bond donors (Lipinski definition) is 0. The first-order valence-electron chi connectivity index (χ1n) is 7.26. The van der Waals surface area contributed by atoms with Crippen molar-refractivity contribution in [2.24, 2.45) is 0 Å². The van der Waals surface area contributed by atoms with Crippen LogP contribution in [0.5, 0.6) is 0 Å². The second kappa shape index (κ2) is 5.94. The smallest absolute Gasteiger partial charge is 0.244 e. The van der Waals surface area contributed by atoms with Crippen molar-refractivity contribution in [3.05, 3.63) is 46.9 Å². The molecule has 4 heterocycles. The van der Waals surface area contributed by atoms with Gasteiger partial charge in [0.1, 0.15) is 5.69 Å². The van der Waals surface area contributed by atoms with Gasteiger partial charge in [0, 0.05) is 18.1 Å². The third-order valence-electron chi connectivity index (χ3n) is 3.83. The molecule has 0 amide bonds. The molecule has 0 bridgehead atoms. The Labute approximate surface area is 131 Å². The average Bonchev–Trinajstić information content (AvgIpc) is 3.30. The average molecular weight is 313 g/mol. The minimum absolute atomic E-state index is 0.173. The maximum Gasteiger partial charge on any atom is 0.244 e. The van der Waals surface area contributed by atoms with Crippen molar-refractivity contribution in [3.8, 4) is 11.5 Å². The van der Waals surface area contributed by atoms with Gasteiger partial charge in [-0.25, -0.2) is 4.98 Å². The molecule has 3 aromatic rings. The van der Waals surface area contributed by atoms with E-state index in [-0.39, 0.29) is 6.04 Å². The van der Waals surface area contributed by atoms with E-state index in [1.807, 2.05) is 23.7 Å². The van der Waals surface area contributed by atoms with Gasteiger partial charge >= 0.3 is 0 Å². The second-order valence-electron chi connectivity index (χ2n) is 5.28. The van der Waals surface area contributed by atoms with Gasteiger partial charge in [-0.2, -0.15) is 4.98 Å². The summed E-state index contributed by atoms with van der Waals surface area (Å²) in [6.07, 6.45) is 3.90. The van der Waals surface area contributed by atoms with Crippen LogP contribution in [0.15, 0.2) is 39.8 Å². The minimum Gasteiger partial charge on any atom is -0.337 e. The summed E-state index contributed by atoms with van der Waals surface area (Å²) in [6, 6.07) is 5.85. The zero-order chi connectivity index (χ0) is 14.8. The molecule has 1 aliphatic heterocycles. The summed E-state index contributed by atoms with van der Waals surface area (Å²) >= 11 is 1.62. The quantitative estimate of drug-likeness (QED) is 0.737. The molecular weight excluding hydrogens is 298 g/mol. The van der Waals surface area contributed by atoms with Crippen LogP contribution in [-0.2, 0) is 6.54 Å². The molecule has 6 nitrogen and oxygen atoms in total. The van der Waals surface area contributed by atoms with Gasteiger partial charge < -0.3 is 4.52 Å². The largest absolute Gasteiger partial charge is 0.337 e. The summed E-state index contributed by atoms with van der Waals surface area (Å²) in [5.41, 5.74) is 3.70. The van der Waals surface area contributed by atoms with Crippen molar-refractivity contribution < 1.29 is 4.52 Å². The van der Waals surface area contributed by atoms with Crippen LogP contribution in [0.25, 0.3) is 11.5 Å².